The topological polar surface area (TPSA) is 69.7 Å². The fourth-order valence-corrected chi connectivity index (χ4v) is 2.87. The average molecular weight is 345 g/mol. The first-order valence-corrected chi connectivity index (χ1v) is 9.18. The van der Waals surface area contributed by atoms with Gasteiger partial charge in [-0.15, -0.1) is 0 Å². The van der Waals surface area contributed by atoms with Crippen LogP contribution in [0.2, 0.25) is 0 Å². The molecule has 6 nitrogen and oxygen atoms in total. The molecule has 1 aromatic rings. The summed E-state index contributed by atoms with van der Waals surface area (Å²) in [5.41, 5.74) is 0.481. The molecule has 130 valence electrons. The van der Waals surface area contributed by atoms with Crippen molar-refractivity contribution in [2.75, 3.05) is 45.3 Å². The summed E-state index contributed by atoms with van der Waals surface area (Å²) in [6.45, 7) is 1.27. The molecule has 0 bridgehead atoms. The van der Waals surface area contributed by atoms with E-state index >= 15 is 0 Å². The van der Waals surface area contributed by atoms with Crippen molar-refractivity contribution in [1.29, 1.82) is 0 Å². The molecule has 0 spiro atoms. The number of rotatable bonds is 9. The number of anilines is 1. The molecule has 1 rings (SSSR count). The first-order chi connectivity index (χ1) is 10.7. The summed E-state index contributed by atoms with van der Waals surface area (Å²) in [7, 11) is 0.483. The molecule has 0 aliphatic rings. The Balaban J connectivity index is 2.49. The molecule has 0 saturated heterocycles. The molecule has 0 aromatic heterocycles. The van der Waals surface area contributed by atoms with E-state index in [9.17, 15) is 17.6 Å². The largest absolute Gasteiger partial charge is 0.326 e. The second-order valence-corrected chi connectivity index (χ2v) is 7.61. The van der Waals surface area contributed by atoms with E-state index in [0.29, 0.717) is 18.7 Å². The lowest BCUT2D eigenvalue weighted by Crippen LogP contribution is -2.35. The van der Waals surface area contributed by atoms with Crippen LogP contribution in [0.4, 0.5) is 10.1 Å². The van der Waals surface area contributed by atoms with Crippen LogP contribution in [0.15, 0.2) is 24.3 Å². The smallest absolute Gasteiger partial charge is 0.225 e. The lowest BCUT2D eigenvalue weighted by molar-refractivity contribution is -0.116. The molecule has 0 atom stereocenters. The number of hydrogen-bond donors (Lipinski definition) is 1. The van der Waals surface area contributed by atoms with E-state index in [2.05, 4.69) is 5.32 Å². The van der Waals surface area contributed by atoms with Crippen molar-refractivity contribution in [1.82, 2.24) is 9.21 Å². The van der Waals surface area contributed by atoms with Crippen LogP contribution in [-0.2, 0) is 14.8 Å². The van der Waals surface area contributed by atoms with E-state index in [1.165, 1.54) is 28.6 Å². The second-order valence-electron chi connectivity index (χ2n) is 5.62. The predicted octanol–water partition coefficient (Wildman–Crippen LogP) is 1.37. The lowest BCUT2D eigenvalue weighted by atomic mass is 10.3. The SMILES string of the molecule is CN(C)CCCN(CCC(=O)Nc1ccc(F)cc1)S(C)(=O)=O. The second kappa shape index (κ2) is 8.95. The summed E-state index contributed by atoms with van der Waals surface area (Å²) >= 11 is 0. The molecule has 0 heterocycles. The minimum absolute atomic E-state index is 0.0480. The maximum atomic E-state index is 12.8. The van der Waals surface area contributed by atoms with Gasteiger partial charge in [0.1, 0.15) is 5.82 Å². The van der Waals surface area contributed by atoms with Crippen LogP contribution in [0.25, 0.3) is 0 Å². The Kier molecular flexibility index (Phi) is 7.60. The monoisotopic (exact) mass is 345 g/mol. The number of carbonyl (C=O) groups excluding carboxylic acids is 1. The number of amides is 1. The maximum Gasteiger partial charge on any atom is 0.225 e. The molecule has 0 saturated carbocycles. The summed E-state index contributed by atoms with van der Waals surface area (Å²) in [5, 5.41) is 2.61. The number of halogens is 1. The molecule has 8 heteroatoms. The summed E-state index contributed by atoms with van der Waals surface area (Å²) < 4.78 is 37.6. The molecule has 0 radical (unpaired) electrons. The van der Waals surface area contributed by atoms with E-state index in [1.807, 2.05) is 19.0 Å². The van der Waals surface area contributed by atoms with E-state index in [1.54, 1.807) is 0 Å². The van der Waals surface area contributed by atoms with Crippen LogP contribution >= 0.6 is 0 Å². The zero-order valence-electron chi connectivity index (χ0n) is 13.8. The summed E-state index contributed by atoms with van der Waals surface area (Å²) in [6, 6.07) is 5.41. The zero-order chi connectivity index (χ0) is 17.5. The quantitative estimate of drug-likeness (QED) is 0.734. The van der Waals surface area contributed by atoms with E-state index in [0.717, 1.165) is 12.8 Å². The first kappa shape index (κ1) is 19.5. The summed E-state index contributed by atoms with van der Waals surface area (Å²) in [6.07, 6.45) is 1.88. The Labute approximate surface area is 137 Å². The van der Waals surface area contributed by atoms with Crippen LogP contribution in [-0.4, -0.2) is 63.5 Å². The molecule has 0 unspecified atom stereocenters. The number of sulfonamides is 1. The zero-order valence-corrected chi connectivity index (χ0v) is 14.6. The third kappa shape index (κ3) is 8.06. The fourth-order valence-electron chi connectivity index (χ4n) is 1.99. The van der Waals surface area contributed by atoms with Crippen LogP contribution in [0.5, 0.6) is 0 Å². The highest BCUT2D eigenvalue weighted by Crippen LogP contribution is 2.09. The minimum atomic E-state index is -3.35. The Bertz CT molecular complexity index is 603. The maximum absolute atomic E-state index is 12.8. The molecule has 1 aromatic carbocycles. The molecular formula is C15H24FN3O3S. The van der Waals surface area contributed by atoms with Crippen LogP contribution in [0, 0.1) is 5.82 Å². The third-order valence-corrected chi connectivity index (χ3v) is 4.50. The van der Waals surface area contributed by atoms with Crippen molar-refractivity contribution < 1.29 is 17.6 Å². The summed E-state index contributed by atoms with van der Waals surface area (Å²) in [5.74, 6) is -0.690. The van der Waals surface area contributed by atoms with Gasteiger partial charge in [0, 0.05) is 25.2 Å². The van der Waals surface area contributed by atoms with Gasteiger partial charge in [-0.2, -0.15) is 0 Å². The number of nitrogens with one attached hydrogen (secondary N) is 1. The number of benzene rings is 1. The number of nitrogens with zero attached hydrogens (tertiary/aromatic N) is 2. The average Bonchev–Trinajstić information content (AvgIpc) is 2.43. The van der Waals surface area contributed by atoms with E-state index < -0.39 is 10.0 Å². The highest BCUT2D eigenvalue weighted by molar-refractivity contribution is 7.88. The Morgan fingerprint density at radius 1 is 1.13 bits per heavy atom. The van der Waals surface area contributed by atoms with E-state index in [-0.39, 0.29) is 24.7 Å². The van der Waals surface area contributed by atoms with Gasteiger partial charge in [-0.1, -0.05) is 0 Å². The molecule has 0 aliphatic heterocycles. The van der Waals surface area contributed by atoms with Crippen molar-refractivity contribution in [2.45, 2.75) is 12.8 Å². The highest BCUT2D eigenvalue weighted by Gasteiger charge is 2.17. The van der Waals surface area contributed by atoms with Crippen molar-refractivity contribution in [3.05, 3.63) is 30.1 Å². The highest BCUT2D eigenvalue weighted by atomic mass is 32.2. The molecule has 0 fully saturated rings. The van der Waals surface area contributed by atoms with Gasteiger partial charge in [0.2, 0.25) is 15.9 Å². The van der Waals surface area contributed by atoms with Crippen molar-refractivity contribution >= 4 is 21.6 Å². The number of carbonyl (C=O) groups is 1. The van der Waals surface area contributed by atoms with Crippen molar-refractivity contribution in [3.8, 4) is 0 Å². The molecular weight excluding hydrogens is 321 g/mol. The Morgan fingerprint density at radius 3 is 2.26 bits per heavy atom. The van der Waals surface area contributed by atoms with Gasteiger partial charge < -0.3 is 10.2 Å². The van der Waals surface area contributed by atoms with Gasteiger partial charge in [-0.3, -0.25) is 4.79 Å². The summed E-state index contributed by atoms with van der Waals surface area (Å²) in [4.78, 5) is 13.9. The van der Waals surface area contributed by atoms with Gasteiger partial charge in [-0.05, 0) is 51.3 Å². The van der Waals surface area contributed by atoms with Gasteiger partial charge >= 0.3 is 0 Å². The van der Waals surface area contributed by atoms with Crippen molar-refractivity contribution in [2.24, 2.45) is 0 Å². The minimum Gasteiger partial charge on any atom is -0.326 e. The van der Waals surface area contributed by atoms with Crippen LogP contribution in [0.3, 0.4) is 0 Å². The standard InChI is InChI=1S/C15H24FN3O3S/c1-18(2)10-4-11-19(23(3,21)22)12-9-15(20)17-14-7-5-13(16)6-8-14/h5-8H,4,9-12H2,1-3H3,(H,17,20). The molecule has 0 aliphatic carbocycles. The van der Waals surface area contributed by atoms with E-state index in [4.69, 9.17) is 0 Å². The Hall–Kier alpha value is -1.51. The normalized spacial score (nSPS) is 11.9. The third-order valence-electron chi connectivity index (χ3n) is 3.20. The molecule has 1 amide bonds. The fraction of sp³-hybridized carbons (Fsp3) is 0.533. The molecule has 1 N–H and O–H groups in total. The van der Waals surface area contributed by atoms with Gasteiger partial charge in [0.15, 0.2) is 0 Å². The van der Waals surface area contributed by atoms with Crippen LogP contribution in [0.1, 0.15) is 12.8 Å². The lowest BCUT2D eigenvalue weighted by Gasteiger charge is -2.20. The van der Waals surface area contributed by atoms with Gasteiger partial charge in [-0.25, -0.2) is 17.1 Å². The molecule has 23 heavy (non-hydrogen) atoms. The number of hydrogen-bond acceptors (Lipinski definition) is 4. The predicted molar refractivity (Wildman–Crippen MR) is 89.2 cm³/mol. The Morgan fingerprint density at radius 2 is 1.74 bits per heavy atom. The van der Waals surface area contributed by atoms with Gasteiger partial charge in [0.05, 0.1) is 6.26 Å². The first-order valence-electron chi connectivity index (χ1n) is 7.34. The van der Waals surface area contributed by atoms with Crippen LogP contribution < -0.4 is 5.32 Å². The van der Waals surface area contributed by atoms with Crippen molar-refractivity contribution in [3.63, 3.8) is 0 Å². The van der Waals surface area contributed by atoms with Gasteiger partial charge in [0.25, 0.3) is 0 Å².